The average molecular weight is 1340 g/mol. The Balaban J connectivity index is 0.629. The summed E-state index contributed by atoms with van der Waals surface area (Å²) in [6.45, 7) is 15.9. The highest BCUT2D eigenvalue weighted by atomic mass is 35.5. The van der Waals surface area contributed by atoms with Crippen LogP contribution in [0.3, 0.4) is 0 Å². The maximum absolute atomic E-state index is 14.5. The van der Waals surface area contributed by atoms with Crippen LogP contribution in [0.5, 0.6) is 17.5 Å². The molecular weight excluding hydrogens is 1250 g/mol. The second-order valence-electron chi connectivity index (χ2n) is 23.6. The molecule has 9 rings (SSSR count). The van der Waals surface area contributed by atoms with E-state index in [2.05, 4.69) is 41.1 Å². The summed E-state index contributed by atoms with van der Waals surface area (Å²) in [6, 6.07) is 22.3. The Labute approximate surface area is 544 Å². The summed E-state index contributed by atoms with van der Waals surface area (Å²) in [6.07, 6.45) is -3.06. The molecule has 2 aromatic heterocycles. The van der Waals surface area contributed by atoms with Gasteiger partial charge in [-0.1, -0.05) is 87.0 Å². The van der Waals surface area contributed by atoms with Gasteiger partial charge >= 0.3 is 12.3 Å². The van der Waals surface area contributed by atoms with E-state index >= 15 is 0 Å². The zero-order valence-corrected chi connectivity index (χ0v) is 54.9. The van der Waals surface area contributed by atoms with Crippen LogP contribution in [-0.4, -0.2) is 187 Å². The number of thiazole rings is 1. The van der Waals surface area contributed by atoms with E-state index in [9.17, 15) is 31.9 Å². The molecule has 0 radical (unpaired) electrons. The molecule has 1 amide bonds. The number of aromatic nitrogens is 4. The number of benzene rings is 4. The largest absolute Gasteiger partial charge is 0.586 e. The summed E-state index contributed by atoms with van der Waals surface area (Å²) >= 11 is 8.31. The van der Waals surface area contributed by atoms with Crippen molar-refractivity contribution in [1.82, 2.24) is 35.5 Å². The minimum atomic E-state index is -3.90. The molecule has 28 heteroatoms. The van der Waals surface area contributed by atoms with Crippen molar-refractivity contribution >= 4 is 67.7 Å². The molecule has 1 saturated heterocycles. The van der Waals surface area contributed by atoms with Gasteiger partial charge in [0.1, 0.15) is 0 Å². The van der Waals surface area contributed by atoms with Gasteiger partial charge in [-0.3, -0.25) is 14.5 Å². The number of para-hydroxylation sites is 1. The molecular formula is C64H81ClF2N10O13S2. The molecule has 5 N–H and O–H groups in total. The van der Waals surface area contributed by atoms with Crippen molar-refractivity contribution in [3.63, 3.8) is 0 Å². The first-order chi connectivity index (χ1) is 44.1. The number of amides is 1. The monoisotopic (exact) mass is 1330 g/mol. The summed E-state index contributed by atoms with van der Waals surface area (Å²) in [4.78, 5) is 50.9. The van der Waals surface area contributed by atoms with Crippen molar-refractivity contribution in [2.24, 2.45) is 17.3 Å². The second-order valence-corrected chi connectivity index (χ2v) is 26.8. The number of fused-ring (bicyclic) bond motifs is 1. The fourth-order valence-electron chi connectivity index (χ4n) is 11.1. The first-order valence-corrected chi connectivity index (χ1v) is 33.7. The third kappa shape index (κ3) is 19.2. The number of hydrogen-bond acceptors (Lipinski definition) is 23. The molecule has 3 aliphatic rings. The molecule has 4 aromatic carbocycles. The number of rotatable bonds is 34. The van der Waals surface area contributed by atoms with Gasteiger partial charge in [0.15, 0.2) is 27.1 Å². The number of piperazine rings is 1. The molecule has 5 atom stereocenters. The summed E-state index contributed by atoms with van der Waals surface area (Å²) < 4.78 is 98.6. The highest BCUT2D eigenvalue weighted by Gasteiger charge is 2.47. The van der Waals surface area contributed by atoms with E-state index in [1.807, 2.05) is 62.4 Å². The van der Waals surface area contributed by atoms with Crippen molar-refractivity contribution in [3.05, 3.63) is 118 Å². The predicted molar refractivity (Wildman–Crippen MR) is 344 cm³/mol. The van der Waals surface area contributed by atoms with Crippen LogP contribution in [-0.2, 0) is 49.7 Å². The summed E-state index contributed by atoms with van der Waals surface area (Å²) in [5, 5.41) is 23.9. The Morgan fingerprint density at radius 3 is 2.10 bits per heavy atom. The van der Waals surface area contributed by atoms with E-state index in [0.717, 1.165) is 28.0 Å². The fourth-order valence-corrected chi connectivity index (χ4v) is 12.8. The Bertz CT molecular complexity index is 3530. The molecule has 1 saturated carbocycles. The molecule has 0 spiro atoms. The number of ether oxygens (including phenoxy) is 8. The van der Waals surface area contributed by atoms with Crippen LogP contribution in [0.1, 0.15) is 62.0 Å². The number of anilines is 4. The molecule has 4 heterocycles. The number of carbonyl (C=O) groups excluding carboxylic acids is 2. The quantitative estimate of drug-likeness (QED) is 0.0239. The third-order valence-corrected chi connectivity index (χ3v) is 18.3. The molecule has 2 fully saturated rings. The Morgan fingerprint density at radius 2 is 1.46 bits per heavy atom. The van der Waals surface area contributed by atoms with Crippen molar-refractivity contribution in [2.45, 2.75) is 76.5 Å². The summed E-state index contributed by atoms with van der Waals surface area (Å²) in [5.74, 6) is -1.50. The van der Waals surface area contributed by atoms with E-state index in [1.54, 1.807) is 53.8 Å². The van der Waals surface area contributed by atoms with Crippen LogP contribution in [0.15, 0.2) is 95.3 Å². The molecule has 0 bridgehead atoms. The summed E-state index contributed by atoms with van der Waals surface area (Å²) in [7, 11) is -2.29. The maximum Gasteiger partial charge on any atom is 0.586 e. The lowest BCUT2D eigenvalue weighted by atomic mass is 9.77. The minimum Gasteiger partial charge on any atom is -0.467 e. The number of carbonyl (C=O) groups is 2. The number of ketones is 1. The van der Waals surface area contributed by atoms with E-state index < -0.39 is 51.6 Å². The molecule has 3 unspecified atom stereocenters. The topological polar surface area (TPSA) is 269 Å². The van der Waals surface area contributed by atoms with E-state index in [0.29, 0.717) is 134 Å². The molecule has 6 aromatic rings. The number of alkyl halides is 2. The molecule has 23 nitrogen and oxygen atoms in total. The molecule has 92 heavy (non-hydrogen) atoms. The number of hydrogen-bond donors (Lipinski definition) is 5. The van der Waals surface area contributed by atoms with Crippen LogP contribution in [0.4, 0.5) is 32.1 Å². The summed E-state index contributed by atoms with van der Waals surface area (Å²) in [5.41, 5.74) is 5.73. The van der Waals surface area contributed by atoms with Gasteiger partial charge in [-0.2, -0.15) is 15.0 Å². The number of nitrogens with one attached hydrogen (secondary N) is 4. The van der Waals surface area contributed by atoms with Gasteiger partial charge in [0, 0.05) is 68.6 Å². The van der Waals surface area contributed by atoms with Gasteiger partial charge in [-0.15, -0.1) is 20.1 Å². The molecule has 1 aliphatic carbocycles. The molecule has 498 valence electrons. The van der Waals surface area contributed by atoms with Crippen molar-refractivity contribution in [3.8, 4) is 28.0 Å². The van der Waals surface area contributed by atoms with E-state index in [1.165, 1.54) is 25.3 Å². The fraction of sp³-hybridized carbons (Fsp3) is 0.500. The van der Waals surface area contributed by atoms with Crippen LogP contribution in [0.25, 0.3) is 10.4 Å². The number of methoxy groups -OCH3 is 1. The van der Waals surface area contributed by atoms with Crippen LogP contribution < -0.4 is 40.4 Å². The van der Waals surface area contributed by atoms with Gasteiger partial charge in [-0.25, -0.2) is 13.4 Å². The van der Waals surface area contributed by atoms with Gasteiger partial charge < -0.3 is 69.2 Å². The SMILES string of the molecule is COc1nc(Nc2cc(S(C)(=O)=O)ccc2N[C@H](c2ccccc2Cl)c2cccc3c2OC(F)(F)O3)nc(N2CCN(CCOCCOCCOCCOCCOCCNC(C(=O)C3C[C@H](O)CC3C(=O)NCc3ccc(-c4scnc4C)cc3)C(C)(C)C)CC2)n1. The van der Waals surface area contributed by atoms with Gasteiger partial charge in [0.2, 0.25) is 17.8 Å². The number of aliphatic hydroxyl groups is 1. The zero-order chi connectivity index (χ0) is 65.4. The van der Waals surface area contributed by atoms with Crippen LogP contribution in [0.2, 0.25) is 5.02 Å². The van der Waals surface area contributed by atoms with E-state index in [-0.39, 0.29) is 64.1 Å². The predicted octanol–water partition coefficient (Wildman–Crippen LogP) is 8.12. The van der Waals surface area contributed by atoms with Gasteiger partial charge in [0.25, 0.3) is 0 Å². The third-order valence-electron chi connectivity index (χ3n) is 15.8. The smallest absolute Gasteiger partial charge is 0.467 e. The van der Waals surface area contributed by atoms with Gasteiger partial charge in [0.05, 0.1) is 130 Å². The minimum absolute atomic E-state index is 0.0131. The first-order valence-electron chi connectivity index (χ1n) is 30.5. The lowest BCUT2D eigenvalue weighted by molar-refractivity contribution is -0.287. The van der Waals surface area contributed by atoms with Crippen molar-refractivity contribution in [1.29, 1.82) is 0 Å². The lowest BCUT2D eigenvalue weighted by Gasteiger charge is -2.34. The van der Waals surface area contributed by atoms with Crippen LogP contribution in [0, 0.1) is 24.2 Å². The standard InChI is InChI=1S/C64H81ClF2N10O13S2/c1-41-57(91-40-70-41)43-16-14-42(15-17-43)39-69-59(80)49-37-44(78)36-48(49)55(79)58(63(2,3)4)68-20-26-84-28-30-86-32-34-88-35-33-87-31-29-85-27-25-76-21-23-77(24-22-76)61-73-60(74-62(75-61)83-5)72-52-38-45(92(6,81)82)18-19-51(52)71-54(46-10-7-8-12-50(46)65)47-11-9-13-53-56(47)90-64(66,67)89-53/h7-19,38,40,44,48-49,54,58,68,71,78H,20-37,39H2,1-6H3,(H,69,80)(H,72,73,74,75)/t44-,48?,49?,54+,58?/m0/s1. The first kappa shape index (κ1) is 69.6. The number of Topliss-reactive ketones (excluding diaryl/α,β-unsaturated/α-hetero) is 1. The van der Waals surface area contributed by atoms with Crippen LogP contribution >= 0.6 is 22.9 Å². The Kier molecular flexibility index (Phi) is 24.5. The number of sulfone groups is 1. The van der Waals surface area contributed by atoms with Crippen molar-refractivity contribution in [2.75, 3.05) is 134 Å². The normalized spacial score (nSPS) is 18.0. The highest BCUT2D eigenvalue weighted by molar-refractivity contribution is 7.90. The Hall–Kier alpha value is -6.76. The maximum atomic E-state index is 14.5. The molecule has 2 aliphatic heterocycles. The Morgan fingerprint density at radius 1 is 0.804 bits per heavy atom. The second kappa shape index (κ2) is 32.4. The zero-order valence-electron chi connectivity index (χ0n) is 52.5. The lowest BCUT2D eigenvalue weighted by Crippen LogP contribution is -2.51. The van der Waals surface area contributed by atoms with E-state index in [4.69, 9.17) is 54.5 Å². The average Bonchev–Trinajstić information content (AvgIpc) is 1.50. The number of aryl methyl sites for hydroxylation is 1. The van der Waals surface area contributed by atoms with Crippen molar-refractivity contribution < 1.29 is 69.8 Å². The number of aliphatic hydroxyl groups excluding tert-OH is 1. The number of halogens is 3. The number of nitrogens with zero attached hydrogens (tertiary/aromatic N) is 6. The highest BCUT2D eigenvalue weighted by Crippen LogP contribution is 2.48. The van der Waals surface area contributed by atoms with Gasteiger partial charge in [-0.05, 0) is 72.2 Å².